The molecule has 2 aromatic rings. The van der Waals surface area contributed by atoms with Gasteiger partial charge in [-0.3, -0.25) is 4.79 Å². The number of nitrogens with zero attached hydrogens (tertiary/aromatic N) is 3. The zero-order valence-corrected chi connectivity index (χ0v) is 10.7. The Labute approximate surface area is 109 Å². The molecule has 18 heavy (non-hydrogen) atoms. The monoisotopic (exact) mass is 262 g/mol. The molecule has 1 aliphatic carbocycles. The van der Waals surface area contributed by atoms with Crippen LogP contribution in [0.25, 0.3) is 5.69 Å². The van der Waals surface area contributed by atoms with E-state index in [0.717, 1.165) is 24.2 Å². The molecule has 2 aromatic heterocycles. The van der Waals surface area contributed by atoms with Crippen LogP contribution in [0.4, 0.5) is 0 Å². The van der Waals surface area contributed by atoms with Gasteiger partial charge in [-0.1, -0.05) is 11.6 Å². The minimum absolute atomic E-state index is 0.145. The summed E-state index contributed by atoms with van der Waals surface area (Å²) in [4.78, 5) is 11.7. The van der Waals surface area contributed by atoms with Crippen LogP contribution in [0.2, 0.25) is 0 Å². The Morgan fingerprint density at radius 1 is 1.56 bits per heavy atom. The van der Waals surface area contributed by atoms with E-state index in [0.29, 0.717) is 6.54 Å². The van der Waals surface area contributed by atoms with Crippen molar-refractivity contribution in [2.24, 2.45) is 5.92 Å². The lowest BCUT2D eigenvalue weighted by Gasteiger charge is -2.23. The van der Waals surface area contributed by atoms with E-state index in [1.54, 1.807) is 16.0 Å². The van der Waals surface area contributed by atoms with Gasteiger partial charge in [0.1, 0.15) is 5.69 Å². The predicted octanol–water partition coefficient (Wildman–Crippen LogP) is 1.75. The van der Waals surface area contributed by atoms with Crippen molar-refractivity contribution in [1.29, 1.82) is 0 Å². The molecule has 0 radical (unpaired) electrons. The third-order valence-corrected chi connectivity index (χ3v) is 3.90. The highest BCUT2D eigenvalue weighted by atomic mass is 32.1. The second-order valence-electron chi connectivity index (χ2n) is 4.48. The Bertz CT molecular complexity index is 530. The van der Waals surface area contributed by atoms with Gasteiger partial charge in [0.15, 0.2) is 0 Å². The first-order valence-corrected chi connectivity index (χ1v) is 6.99. The SMILES string of the molecule is O=C(NCc1cn(-c2ccsc2)nn1)C1CCC1. The molecule has 0 aromatic carbocycles. The number of nitrogens with one attached hydrogen (secondary N) is 1. The fraction of sp³-hybridized carbons (Fsp3) is 0.417. The van der Waals surface area contributed by atoms with Crippen molar-refractivity contribution >= 4 is 17.2 Å². The smallest absolute Gasteiger partial charge is 0.223 e. The molecule has 0 atom stereocenters. The summed E-state index contributed by atoms with van der Waals surface area (Å²) in [7, 11) is 0. The maximum absolute atomic E-state index is 11.7. The molecule has 0 spiro atoms. The molecule has 1 aliphatic rings. The van der Waals surface area contributed by atoms with E-state index in [9.17, 15) is 4.79 Å². The summed E-state index contributed by atoms with van der Waals surface area (Å²) in [5, 5.41) is 15.0. The van der Waals surface area contributed by atoms with E-state index in [1.807, 2.05) is 23.0 Å². The Hall–Kier alpha value is -1.69. The van der Waals surface area contributed by atoms with Gasteiger partial charge < -0.3 is 5.32 Å². The molecule has 1 fully saturated rings. The molecule has 0 unspecified atom stereocenters. The normalized spacial score (nSPS) is 15.3. The van der Waals surface area contributed by atoms with Crippen LogP contribution in [-0.2, 0) is 11.3 Å². The highest BCUT2D eigenvalue weighted by Crippen LogP contribution is 2.26. The number of amides is 1. The van der Waals surface area contributed by atoms with Crippen molar-refractivity contribution in [3.8, 4) is 5.69 Å². The van der Waals surface area contributed by atoms with Crippen LogP contribution in [-0.4, -0.2) is 20.9 Å². The minimum Gasteiger partial charge on any atom is -0.350 e. The predicted molar refractivity (Wildman–Crippen MR) is 68.4 cm³/mol. The summed E-state index contributed by atoms with van der Waals surface area (Å²) in [5.74, 6) is 0.364. The number of aromatic nitrogens is 3. The molecule has 0 aliphatic heterocycles. The van der Waals surface area contributed by atoms with Gasteiger partial charge in [-0.25, -0.2) is 4.68 Å². The zero-order chi connectivity index (χ0) is 12.4. The largest absolute Gasteiger partial charge is 0.350 e. The fourth-order valence-electron chi connectivity index (χ4n) is 1.89. The van der Waals surface area contributed by atoms with Gasteiger partial charge in [-0.2, -0.15) is 11.3 Å². The molecule has 0 bridgehead atoms. The molecule has 1 saturated carbocycles. The maximum Gasteiger partial charge on any atom is 0.223 e. The van der Waals surface area contributed by atoms with Crippen molar-refractivity contribution in [2.45, 2.75) is 25.8 Å². The Kier molecular flexibility index (Phi) is 3.10. The summed E-state index contributed by atoms with van der Waals surface area (Å²) in [5.41, 5.74) is 1.79. The molecule has 1 N–H and O–H groups in total. The lowest BCUT2D eigenvalue weighted by molar-refractivity contribution is -0.127. The van der Waals surface area contributed by atoms with Gasteiger partial charge in [0, 0.05) is 11.3 Å². The standard InChI is InChI=1S/C12H14N4OS/c17-12(9-2-1-3-9)13-6-10-7-16(15-14-10)11-4-5-18-8-11/h4-5,7-9H,1-3,6H2,(H,13,17). The van der Waals surface area contributed by atoms with E-state index in [-0.39, 0.29) is 11.8 Å². The van der Waals surface area contributed by atoms with Gasteiger partial charge >= 0.3 is 0 Å². The van der Waals surface area contributed by atoms with Crippen molar-refractivity contribution in [3.05, 3.63) is 28.7 Å². The number of thiophene rings is 1. The summed E-state index contributed by atoms with van der Waals surface area (Å²) in [6.07, 6.45) is 5.07. The average Bonchev–Trinajstić information content (AvgIpc) is 2.94. The molecule has 1 amide bonds. The van der Waals surface area contributed by atoms with E-state index in [1.165, 1.54) is 6.42 Å². The molecule has 0 saturated heterocycles. The third-order valence-electron chi connectivity index (χ3n) is 3.23. The van der Waals surface area contributed by atoms with E-state index < -0.39 is 0 Å². The lowest BCUT2D eigenvalue weighted by atomic mass is 9.85. The average molecular weight is 262 g/mol. The molecule has 6 heteroatoms. The van der Waals surface area contributed by atoms with Crippen molar-refractivity contribution in [1.82, 2.24) is 20.3 Å². The highest BCUT2D eigenvalue weighted by Gasteiger charge is 2.24. The summed E-state index contributed by atoms with van der Waals surface area (Å²) in [6.45, 7) is 0.458. The van der Waals surface area contributed by atoms with Crippen LogP contribution in [0.15, 0.2) is 23.0 Å². The van der Waals surface area contributed by atoms with Crippen molar-refractivity contribution in [3.63, 3.8) is 0 Å². The summed E-state index contributed by atoms with van der Waals surface area (Å²) in [6, 6.07) is 1.98. The topological polar surface area (TPSA) is 59.8 Å². The van der Waals surface area contributed by atoms with E-state index in [4.69, 9.17) is 0 Å². The zero-order valence-electron chi connectivity index (χ0n) is 9.87. The molecular formula is C12H14N4OS. The van der Waals surface area contributed by atoms with Crippen LogP contribution in [0.3, 0.4) is 0 Å². The fourth-order valence-corrected chi connectivity index (χ4v) is 2.51. The Morgan fingerprint density at radius 2 is 2.44 bits per heavy atom. The number of carbonyl (C=O) groups excluding carboxylic acids is 1. The first-order chi connectivity index (χ1) is 8.83. The van der Waals surface area contributed by atoms with Crippen molar-refractivity contribution in [2.75, 3.05) is 0 Å². The molecule has 5 nitrogen and oxygen atoms in total. The van der Waals surface area contributed by atoms with Gasteiger partial charge in [-0.05, 0) is 24.3 Å². The first-order valence-electron chi connectivity index (χ1n) is 6.04. The van der Waals surface area contributed by atoms with Crippen LogP contribution in [0.1, 0.15) is 25.0 Å². The van der Waals surface area contributed by atoms with Crippen LogP contribution in [0.5, 0.6) is 0 Å². The van der Waals surface area contributed by atoms with Gasteiger partial charge in [0.25, 0.3) is 0 Å². The number of hydrogen-bond acceptors (Lipinski definition) is 4. The van der Waals surface area contributed by atoms with Crippen LogP contribution in [0, 0.1) is 5.92 Å². The summed E-state index contributed by atoms with van der Waals surface area (Å²) < 4.78 is 1.72. The second-order valence-corrected chi connectivity index (χ2v) is 5.26. The highest BCUT2D eigenvalue weighted by molar-refractivity contribution is 7.08. The molecule has 3 rings (SSSR count). The maximum atomic E-state index is 11.7. The lowest BCUT2D eigenvalue weighted by Crippen LogP contribution is -2.34. The van der Waals surface area contributed by atoms with E-state index >= 15 is 0 Å². The number of hydrogen-bond donors (Lipinski definition) is 1. The number of carbonyl (C=O) groups is 1. The third kappa shape index (κ3) is 2.28. The van der Waals surface area contributed by atoms with Crippen molar-refractivity contribution < 1.29 is 4.79 Å². The molecule has 2 heterocycles. The summed E-state index contributed by atoms with van der Waals surface area (Å²) >= 11 is 1.62. The quantitative estimate of drug-likeness (QED) is 0.913. The van der Waals surface area contributed by atoms with Crippen LogP contribution < -0.4 is 5.32 Å². The minimum atomic E-state index is 0.145. The molecule has 94 valence electrons. The Morgan fingerprint density at radius 3 is 3.11 bits per heavy atom. The Balaban J connectivity index is 1.58. The van der Waals surface area contributed by atoms with Gasteiger partial charge in [-0.15, -0.1) is 5.10 Å². The van der Waals surface area contributed by atoms with Gasteiger partial charge in [0.05, 0.1) is 18.4 Å². The first kappa shape index (κ1) is 11.4. The van der Waals surface area contributed by atoms with Gasteiger partial charge in [0.2, 0.25) is 5.91 Å². The second kappa shape index (κ2) is 4.89. The number of rotatable bonds is 4. The van der Waals surface area contributed by atoms with Crippen LogP contribution >= 0.6 is 11.3 Å². The molecular weight excluding hydrogens is 248 g/mol. The van der Waals surface area contributed by atoms with E-state index in [2.05, 4.69) is 15.6 Å².